The van der Waals surface area contributed by atoms with Gasteiger partial charge in [0.1, 0.15) is 0 Å². The first-order valence-electron chi connectivity index (χ1n) is 10.8. The molecule has 3 aliphatic carbocycles. The van der Waals surface area contributed by atoms with Crippen molar-refractivity contribution in [3.8, 4) is 0 Å². The van der Waals surface area contributed by atoms with E-state index in [2.05, 4.69) is 13.5 Å². The molecule has 0 heterocycles. The molecule has 0 saturated heterocycles. The maximum absolute atomic E-state index is 14.9. The van der Waals surface area contributed by atoms with Crippen LogP contribution in [0.2, 0.25) is 0 Å². The van der Waals surface area contributed by atoms with Crippen molar-refractivity contribution in [2.24, 2.45) is 17.8 Å². The molecule has 1 nitrogen and oxygen atoms in total. The van der Waals surface area contributed by atoms with Crippen molar-refractivity contribution in [1.82, 2.24) is 0 Å². The molecule has 3 heteroatoms. The van der Waals surface area contributed by atoms with Crippen molar-refractivity contribution >= 4 is 0 Å². The van der Waals surface area contributed by atoms with Gasteiger partial charge in [0.25, 0.3) is 0 Å². The zero-order valence-electron chi connectivity index (χ0n) is 16.5. The molecule has 0 spiro atoms. The minimum Gasteiger partial charge on any atom is -0.374 e. The highest BCUT2D eigenvalue weighted by Gasteiger charge is 2.38. The molecule has 2 saturated carbocycles. The Morgan fingerprint density at radius 3 is 2.67 bits per heavy atom. The van der Waals surface area contributed by atoms with Crippen LogP contribution < -0.4 is 0 Å². The van der Waals surface area contributed by atoms with Crippen LogP contribution in [0.1, 0.15) is 74.5 Å². The van der Waals surface area contributed by atoms with Crippen LogP contribution in [0.15, 0.2) is 18.7 Å². The molecule has 0 amide bonds. The summed E-state index contributed by atoms with van der Waals surface area (Å²) in [6.45, 7) is 6.49. The van der Waals surface area contributed by atoms with E-state index in [0.29, 0.717) is 48.0 Å². The smallest absolute Gasteiger partial charge is 0.162 e. The third-order valence-corrected chi connectivity index (χ3v) is 7.34. The molecule has 0 radical (unpaired) electrons. The minimum absolute atomic E-state index is 0.177. The lowest BCUT2D eigenvalue weighted by atomic mass is 9.65. The lowest BCUT2D eigenvalue weighted by Crippen LogP contribution is -2.34. The molecular formula is C24H32F2O. The Bertz CT molecular complexity index is 698. The molecule has 4 rings (SSSR count). The van der Waals surface area contributed by atoms with Gasteiger partial charge in [-0.3, -0.25) is 0 Å². The molecule has 3 aliphatic rings. The van der Waals surface area contributed by atoms with Crippen molar-refractivity contribution in [3.05, 3.63) is 47.0 Å². The van der Waals surface area contributed by atoms with Crippen molar-refractivity contribution in [3.63, 3.8) is 0 Å². The van der Waals surface area contributed by atoms with Gasteiger partial charge in [-0.25, -0.2) is 8.78 Å². The normalized spacial score (nSPS) is 33.2. The number of aryl methyl sites for hydroxylation is 1. The van der Waals surface area contributed by atoms with Crippen LogP contribution in [-0.4, -0.2) is 12.7 Å². The fraction of sp³-hybridized carbons (Fsp3) is 0.667. The number of ether oxygens (including phenoxy) is 1. The van der Waals surface area contributed by atoms with Gasteiger partial charge in [0.15, 0.2) is 11.6 Å². The minimum atomic E-state index is -0.561. The van der Waals surface area contributed by atoms with Gasteiger partial charge in [-0.15, -0.1) is 6.58 Å². The summed E-state index contributed by atoms with van der Waals surface area (Å²) in [5.41, 5.74) is 2.36. The first-order valence-corrected chi connectivity index (χ1v) is 10.8. The maximum atomic E-state index is 14.9. The average molecular weight is 375 g/mol. The zero-order chi connectivity index (χ0) is 19.0. The fourth-order valence-electron chi connectivity index (χ4n) is 5.82. The molecular weight excluding hydrogens is 342 g/mol. The molecule has 5 atom stereocenters. The van der Waals surface area contributed by atoms with E-state index >= 15 is 0 Å². The van der Waals surface area contributed by atoms with Crippen LogP contribution >= 0.6 is 0 Å². The molecule has 0 aromatic heterocycles. The Kier molecular flexibility index (Phi) is 5.68. The number of halogens is 2. The molecule has 1 aromatic carbocycles. The fourth-order valence-corrected chi connectivity index (χ4v) is 5.82. The van der Waals surface area contributed by atoms with E-state index < -0.39 is 11.6 Å². The highest BCUT2D eigenvalue weighted by molar-refractivity contribution is 5.38. The summed E-state index contributed by atoms with van der Waals surface area (Å²) in [4.78, 5) is 0. The predicted molar refractivity (Wildman–Crippen MR) is 105 cm³/mol. The van der Waals surface area contributed by atoms with E-state index in [0.717, 1.165) is 56.9 Å². The van der Waals surface area contributed by atoms with Crippen molar-refractivity contribution in [1.29, 1.82) is 0 Å². The van der Waals surface area contributed by atoms with Gasteiger partial charge in [-0.05, 0) is 98.1 Å². The Labute approximate surface area is 162 Å². The van der Waals surface area contributed by atoms with Crippen LogP contribution in [0, 0.1) is 29.4 Å². The highest BCUT2D eigenvalue weighted by atomic mass is 19.2. The number of rotatable bonds is 4. The standard InChI is InChI=1S/C24H32F2O/c1-3-10-27-20-9-8-16-12-18(7-6-17(16)13-20)22-14-19-5-4-15(2)11-21(19)23(25)24(22)26/h3,14-18,20H,1,4-13H2,2H3. The van der Waals surface area contributed by atoms with E-state index in [9.17, 15) is 8.78 Å². The summed E-state index contributed by atoms with van der Waals surface area (Å²) in [5.74, 6) is 0.816. The van der Waals surface area contributed by atoms with E-state index in [4.69, 9.17) is 4.74 Å². The average Bonchev–Trinajstić information content (AvgIpc) is 2.69. The lowest BCUT2D eigenvalue weighted by molar-refractivity contribution is -0.00327. The Morgan fingerprint density at radius 1 is 1.07 bits per heavy atom. The van der Waals surface area contributed by atoms with Crippen molar-refractivity contribution < 1.29 is 13.5 Å². The summed E-state index contributed by atoms with van der Waals surface area (Å²) in [6.07, 6.45) is 11.3. The van der Waals surface area contributed by atoms with Gasteiger partial charge >= 0.3 is 0 Å². The van der Waals surface area contributed by atoms with Crippen LogP contribution in [0.25, 0.3) is 0 Å². The second-order valence-corrected chi connectivity index (χ2v) is 9.17. The van der Waals surface area contributed by atoms with Crippen LogP contribution in [0.5, 0.6) is 0 Å². The summed E-state index contributed by atoms with van der Waals surface area (Å²) in [5, 5.41) is 0. The first-order chi connectivity index (χ1) is 13.1. The molecule has 0 aliphatic heterocycles. The van der Waals surface area contributed by atoms with Crippen LogP contribution in [-0.2, 0) is 17.6 Å². The molecule has 148 valence electrons. The van der Waals surface area contributed by atoms with Crippen LogP contribution in [0.4, 0.5) is 8.78 Å². The van der Waals surface area contributed by atoms with Crippen molar-refractivity contribution in [2.45, 2.75) is 76.7 Å². The third kappa shape index (κ3) is 3.85. The highest BCUT2D eigenvalue weighted by Crippen LogP contribution is 2.48. The summed E-state index contributed by atoms with van der Waals surface area (Å²) in [6, 6.07) is 2.02. The van der Waals surface area contributed by atoms with E-state index in [1.807, 2.05) is 12.1 Å². The van der Waals surface area contributed by atoms with E-state index in [1.54, 1.807) is 0 Å². The van der Waals surface area contributed by atoms with Gasteiger partial charge < -0.3 is 4.74 Å². The van der Waals surface area contributed by atoms with E-state index in [1.165, 1.54) is 0 Å². The number of fused-ring (bicyclic) bond motifs is 2. The largest absolute Gasteiger partial charge is 0.374 e. The second-order valence-electron chi connectivity index (χ2n) is 9.17. The molecule has 1 aromatic rings. The Hall–Kier alpha value is -1.22. The summed E-state index contributed by atoms with van der Waals surface area (Å²) < 4.78 is 35.6. The predicted octanol–water partition coefficient (Wildman–Crippen LogP) is 6.34. The quantitative estimate of drug-likeness (QED) is 0.558. The van der Waals surface area contributed by atoms with Gasteiger partial charge in [0.2, 0.25) is 0 Å². The number of benzene rings is 1. The molecule has 0 N–H and O–H groups in total. The lowest BCUT2D eigenvalue weighted by Gasteiger charge is -2.42. The van der Waals surface area contributed by atoms with Gasteiger partial charge in [-0.1, -0.05) is 19.1 Å². The Morgan fingerprint density at radius 2 is 1.85 bits per heavy atom. The molecule has 5 unspecified atom stereocenters. The monoisotopic (exact) mass is 374 g/mol. The second kappa shape index (κ2) is 8.03. The summed E-state index contributed by atoms with van der Waals surface area (Å²) >= 11 is 0. The maximum Gasteiger partial charge on any atom is 0.162 e. The zero-order valence-corrected chi connectivity index (χ0v) is 16.5. The topological polar surface area (TPSA) is 9.23 Å². The number of hydrogen-bond donors (Lipinski definition) is 0. The van der Waals surface area contributed by atoms with Gasteiger partial charge in [-0.2, -0.15) is 0 Å². The number of hydrogen-bond acceptors (Lipinski definition) is 1. The SMILES string of the molecule is C=CCOC1CCC2CC(c3cc4c(c(F)c3F)CC(C)CC4)CCC2C1. The van der Waals surface area contributed by atoms with Gasteiger partial charge in [0.05, 0.1) is 12.7 Å². The molecule has 2 fully saturated rings. The van der Waals surface area contributed by atoms with Crippen LogP contribution in [0.3, 0.4) is 0 Å². The third-order valence-electron chi connectivity index (χ3n) is 7.34. The molecule has 27 heavy (non-hydrogen) atoms. The van der Waals surface area contributed by atoms with Gasteiger partial charge in [0, 0.05) is 0 Å². The summed E-state index contributed by atoms with van der Waals surface area (Å²) in [7, 11) is 0. The Balaban J connectivity index is 1.48. The van der Waals surface area contributed by atoms with Crippen molar-refractivity contribution in [2.75, 3.05) is 6.61 Å². The molecule has 0 bridgehead atoms. The first kappa shape index (κ1) is 19.1. The van der Waals surface area contributed by atoms with E-state index in [-0.39, 0.29) is 5.92 Å².